The predicted octanol–water partition coefficient (Wildman–Crippen LogP) is 4.04. The van der Waals surface area contributed by atoms with Crippen molar-refractivity contribution in [3.05, 3.63) is 33.8 Å². The number of nitrogens with zero attached hydrogens (tertiary/aromatic N) is 3. The van der Waals surface area contributed by atoms with Gasteiger partial charge in [-0.3, -0.25) is 4.57 Å². The van der Waals surface area contributed by atoms with E-state index in [0.717, 1.165) is 10.7 Å². The van der Waals surface area contributed by atoms with Gasteiger partial charge in [0.25, 0.3) is 0 Å². The average molecular weight is 317 g/mol. The van der Waals surface area contributed by atoms with Gasteiger partial charge in [0.2, 0.25) is 5.95 Å². The van der Waals surface area contributed by atoms with E-state index in [1.165, 1.54) is 11.8 Å². The lowest BCUT2D eigenvalue weighted by atomic mass is 10.2. The molecular weight excluding hydrogens is 303 g/mol. The van der Waals surface area contributed by atoms with Crippen molar-refractivity contribution in [2.24, 2.45) is 0 Å². The number of hydrogen-bond acceptors (Lipinski definition) is 4. The maximum Gasteiger partial charge on any atom is 0.222 e. The Labute approximate surface area is 126 Å². The molecule has 0 fully saturated rings. The molecule has 0 aliphatic heterocycles. The molecule has 0 radical (unpaired) electrons. The van der Waals surface area contributed by atoms with Gasteiger partial charge in [0.1, 0.15) is 0 Å². The molecular formula is C12H14Cl2N4S. The lowest BCUT2D eigenvalue weighted by Gasteiger charge is -2.12. The van der Waals surface area contributed by atoms with Crippen molar-refractivity contribution in [3.8, 4) is 0 Å². The molecule has 1 aromatic heterocycles. The van der Waals surface area contributed by atoms with E-state index in [1.54, 1.807) is 0 Å². The van der Waals surface area contributed by atoms with Crippen LogP contribution in [-0.4, -0.2) is 14.8 Å². The summed E-state index contributed by atoms with van der Waals surface area (Å²) < 4.78 is 1.88. The topological polar surface area (TPSA) is 56.7 Å². The van der Waals surface area contributed by atoms with Gasteiger partial charge >= 0.3 is 0 Å². The molecule has 7 heteroatoms. The lowest BCUT2D eigenvalue weighted by molar-refractivity contribution is 0.557. The van der Waals surface area contributed by atoms with Crippen molar-refractivity contribution < 1.29 is 0 Å². The number of thioether (sulfide) groups is 1. The maximum absolute atomic E-state index is 6.14. The van der Waals surface area contributed by atoms with Crippen LogP contribution in [0.1, 0.15) is 25.5 Å². The van der Waals surface area contributed by atoms with Gasteiger partial charge in [-0.05, 0) is 31.5 Å². The first-order valence-electron chi connectivity index (χ1n) is 5.76. The standard InChI is InChI=1S/C12H14Cl2N4S/c1-7(2)18-11(15)16-17-12(18)19-6-8-9(13)4-3-5-10(8)14/h3-5,7H,6H2,1-2H3,(H2,15,16). The van der Waals surface area contributed by atoms with Crippen molar-refractivity contribution in [1.82, 2.24) is 14.8 Å². The normalized spacial score (nSPS) is 11.2. The van der Waals surface area contributed by atoms with Gasteiger partial charge in [0, 0.05) is 21.8 Å². The van der Waals surface area contributed by atoms with E-state index >= 15 is 0 Å². The van der Waals surface area contributed by atoms with Gasteiger partial charge in [0.05, 0.1) is 0 Å². The van der Waals surface area contributed by atoms with Crippen LogP contribution in [0.2, 0.25) is 10.0 Å². The summed E-state index contributed by atoms with van der Waals surface area (Å²) in [5.74, 6) is 1.05. The Morgan fingerprint density at radius 2 is 1.89 bits per heavy atom. The number of hydrogen-bond donors (Lipinski definition) is 1. The predicted molar refractivity (Wildman–Crippen MR) is 80.8 cm³/mol. The number of nitrogens with two attached hydrogens (primary N) is 1. The Bertz CT molecular complexity index is 563. The molecule has 0 aliphatic rings. The van der Waals surface area contributed by atoms with Crippen molar-refractivity contribution in [1.29, 1.82) is 0 Å². The highest BCUT2D eigenvalue weighted by Gasteiger charge is 2.14. The van der Waals surface area contributed by atoms with Gasteiger partial charge in [0.15, 0.2) is 5.16 Å². The molecule has 2 N–H and O–H groups in total. The Kier molecular flexibility index (Phi) is 4.60. The second-order valence-corrected chi connectivity index (χ2v) is 6.05. The molecule has 1 aromatic carbocycles. The van der Waals surface area contributed by atoms with E-state index < -0.39 is 0 Å². The summed E-state index contributed by atoms with van der Waals surface area (Å²) in [6.45, 7) is 4.07. The summed E-state index contributed by atoms with van der Waals surface area (Å²) in [4.78, 5) is 0. The summed E-state index contributed by atoms with van der Waals surface area (Å²) in [5.41, 5.74) is 6.69. The first-order chi connectivity index (χ1) is 9.00. The molecule has 2 aromatic rings. The summed E-state index contributed by atoms with van der Waals surface area (Å²) in [6, 6.07) is 5.68. The molecule has 4 nitrogen and oxygen atoms in total. The average Bonchev–Trinajstić information content (AvgIpc) is 2.70. The van der Waals surface area contributed by atoms with Gasteiger partial charge in [-0.1, -0.05) is 41.0 Å². The molecule has 0 bridgehead atoms. The van der Waals surface area contributed by atoms with Crippen LogP contribution in [-0.2, 0) is 5.75 Å². The van der Waals surface area contributed by atoms with E-state index in [-0.39, 0.29) is 6.04 Å². The van der Waals surface area contributed by atoms with Crippen LogP contribution >= 0.6 is 35.0 Å². The number of aromatic nitrogens is 3. The van der Waals surface area contributed by atoms with Crippen LogP contribution in [0.3, 0.4) is 0 Å². The molecule has 0 aliphatic carbocycles. The smallest absolute Gasteiger partial charge is 0.222 e. The zero-order valence-corrected chi connectivity index (χ0v) is 12.9. The van der Waals surface area contributed by atoms with E-state index in [4.69, 9.17) is 28.9 Å². The number of rotatable bonds is 4. The molecule has 0 spiro atoms. The van der Waals surface area contributed by atoms with Gasteiger partial charge < -0.3 is 5.73 Å². The first-order valence-corrected chi connectivity index (χ1v) is 7.51. The maximum atomic E-state index is 6.14. The van der Waals surface area contributed by atoms with Gasteiger partial charge in [-0.2, -0.15) is 0 Å². The van der Waals surface area contributed by atoms with E-state index in [9.17, 15) is 0 Å². The Hall–Kier alpha value is -0.910. The molecule has 19 heavy (non-hydrogen) atoms. The quantitative estimate of drug-likeness (QED) is 0.865. The van der Waals surface area contributed by atoms with Gasteiger partial charge in [-0.15, -0.1) is 10.2 Å². The lowest BCUT2D eigenvalue weighted by Crippen LogP contribution is -2.07. The van der Waals surface area contributed by atoms with Crippen molar-refractivity contribution in [2.45, 2.75) is 30.8 Å². The van der Waals surface area contributed by atoms with Crippen LogP contribution in [0.5, 0.6) is 0 Å². The summed E-state index contributed by atoms with van der Waals surface area (Å²) in [6.07, 6.45) is 0. The third kappa shape index (κ3) is 3.16. The molecule has 0 saturated heterocycles. The zero-order chi connectivity index (χ0) is 14.0. The fourth-order valence-corrected chi connectivity index (χ4v) is 3.50. The highest BCUT2D eigenvalue weighted by Crippen LogP contribution is 2.32. The van der Waals surface area contributed by atoms with E-state index in [1.807, 2.05) is 36.6 Å². The molecule has 102 valence electrons. The van der Waals surface area contributed by atoms with Crippen LogP contribution in [0.15, 0.2) is 23.4 Å². The number of halogens is 2. The molecule has 1 heterocycles. The summed E-state index contributed by atoms with van der Waals surface area (Å²) >= 11 is 13.8. The summed E-state index contributed by atoms with van der Waals surface area (Å²) in [7, 11) is 0. The Balaban J connectivity index is 2.20. The minimum atomic E-state index is 0.208. The fraction of sp³-hybridized carbons (Fsp3) is 0.333. The highest BCUT2D eigenvalue weighted by molar-refractivity contribution is 7.98. The second kappa shape index (κ2) is 6.03. The van der Waals surface area contributed by atoms with Gasteiger partial charge in [-0.25, -0.2) is 0 Å². The first kappa shape index (κ1) is 14.5. The largest absolute Gasteiger partial charge is 0.368 e. The van der Waals surface area contributed by atoms with Crippen molar-refractivity contribution >= 4 is 40.9 Å². The highest BCUT2D eigenvalue weighted by atomic mass is 35.5. The Morgan fingerprint density at radius 1 is 1.26 bits per heavy atom. The van der Waals surface area contributed by atoms with E-state index in [0.29, 0.717) is 21.7 Å². The SMILES string of the molecule is CC(C)n1c(N)nnc1SCc1c(Cl)cccc1Cl. The second-order valence-electron chi connectivity index (χ2n) is 4.29. The van der Waals surface area contributed by atoms with E-state index in [2.05, 4.69) is 10.2 Å². The molecule has 0 atom stereocenters. The summed E-state index contributed by atoms with van der Waals surface area (Å²) in [5, 5.41) is 10.1. The van der Waals surface area contributed by atoms with Crippen molar-refractivity contribution in [3.63, 3.8) is 0 Å². The third-order valence-corrected chi connectivity index (χ3v) is 4.29. The zero-order valence-electron chi connectivity index (χ0n) is 10.6. The number of anilines is 1. The van der Waals surface area contributed by atoms with Crippen LogP contribution < -0.4 is 5.73 Å². The Morgan fingerprint density at radius 3 is 2.47 bits per heavy atom. The van der Waals surface area contributed by atoms with Crippen molar-refractivity contribution in [2.75, 3.05) is 5.73 Å². The van der Waals surface area contributed by atoms with Crippen LogP contribution in [0.25, 0.3) is 0 Å². The van der Waals surface area contributed by atoms with Crippen LogP contribution in [0.4, 0.5) is 5.95 Å². The monoisotopic (exact) mass is 316 g/mol. The minimum absolute atomic E-state index is 0.208. The fourth-order valence-electron chi connectivity index (χ4n) is 1.68. The molecule has 0 unspecified atom stereocenters. The third-order valence-electron chi connectivity index (χ3n) is 2.61. The number of nitrogen functional groups attached to an aromatic ring is 1. The molecule has 2 rings (SSSR count). The molecule has 0 amide bonds. The van der Waals surface area contributed by atoms with Crippen LogP contribution in [0, 0.1) is 0 Å². The molecule has 0 saturated carbocycles. The number of benzene rings is 1. The minimum Gasteiger partial charge on any atom is -0.368 e.